The van der Waals surface area contributed by atoms with E-state index in [-0.39, 0.29) is 16.7 Å². The molecule has 0 aromatic carbocycles. The average Bonchev–Trinajstić information content (AvgIpc) is 2.82. The van der Waals surface area contributed by atoms with Gasteiger partial charge in [-0.3, -0.25) is 0 Å². The number of carboxylic acids is 1. The quantitative estimate of drug-likeness (QED) is 0.872. The third-order valence-electron chi connectivity index (χ3n) is 3.58. The van der Waals surface area contributed by atoms with Crippen molar-refractivity contribution >= 4 is 16.0 Å². The first-order valence-corrected chi connectivity index (χ1v) is 8.31. The molecule has 0 aliphatic carbocycles. The van der Waals surface area contributed by atoms with Gasteiger partial charge in [-0.1, -0.05) is 0 Å². The first-order chi connectivity index (χ1) is 9.86. The molecule has 7 nitrogen and oxygen atoms in total. The SMILES string of the molecule is CCOC1CCCN(S(=O)(=O)c2cc(C(=O)O)n(C)c2)C1. The molecule has 1 aromatic heterocycles. The molecule has 0 amide bonds. The van der Waals surface area contributed by atoms with Gasteiger partial charge in [0, 0.05) is 32.9 Å². The number of aromatic nitrogens is 1. The molecule has 1 fully saturated rings. The summed E-state index contributed by atoms with van der Waals surface area (Å²) in [7, 11) is -2.16. The van der Waals surface area contributed by atoms with E-state index < -0.39 is 16.0 Å². The highest BCUT2D eigenvalue weighted by Gasteiger charge is 2.32. The molecule has 1 atom stereocenters. The zero-order chi connectivity index (χ0) is 15.6. The maximum absolute atomic E-state index is 12.6. The highest BCUT2D eigenvalue weighted by molar-refractivity contribution is 7.89. The molecule has 1 aromatic rings. The summed E-state index contributed by atoms with van der Waals surface area (Å²) in [5, 5.41) is 9.02. The van der Waals surface area contributed by atoms with Crippen molar-refractivity contribution in [2.75, 3.05) is 19.7 Å². The number of aryl methyl sites for hydroxylation is 1. The van der Waals surface area contributed by atoms with E-state index in [4.69, 9.17) is 9.84 Å². The Morgan fingerprint density at radius 1 is 1.52 bits per heavy atom. The molecule has 1 unspecified atom stereocenters. The molecule has 8 heteroatoms. The number of rotatable bonds is 5. The van der Waals surface area contributed by atoms with Gasteiger partial charge in [-0.25, -0.2) is 13.2 Å². The predicted octanol–water partition coefficient (Wildman–Crippen LogP) is 0.913. The van der Waals surface area contributed by atoms with Crippen LogP contribution in [0.25, 0.3) is 0 Å². The monoisotopic (exact) mass is 316 g/mol. The lowest BCUT2D eigenvalue weighted by atomic mass is 10.1. The number of piperidine rings is 1. The average molecular weight is 316 g/mol. The van der Waals surface area contributed by atoms with Crippen LogP contribution in [0.15, 0.2) is 17.2 Å². The van der Waals surface area contributed by atoms with Crippen molar-refractivity contribution in [2.24, 2.45) is 7.05 Å². The van der Waals surface area contributed by atoms with Crippen LogP contribution in [0.4, 0.5) is 0 Å². The lowest BCUT2D eigenvalue weighted by Gasteiger charge is -2.31. The molecule has 2 heterocycles. The molecule has 2 rings (SSSR count). The maximum atomic E-state index is 12.6. The van der Waals surface area contributed by atoms with E-state index in [9.17, 15) is 13.2 Å². The normalized spacial score (nSPS) is 20.6. The summed E-state index contributed by atoms with van der Waals surface area (Å²) in [6.45, 7) is 3.17. The largest absolute Gasteiger partial charge is 0.477 e. The second-order valence-corrected chi connectivity index (χ2v) is 7.00. The van der Waals surface area contributed by atoms with Gasteiger partial charge in [-0.2, -0.15) is 4.31 Å². The van der Waals surface area contributed by atoms with Crippen molar-refractivity contribution in [1.29, 1.82) is 0 Å². The van der Waals surface area contributed by atoms with Crippen LogP contribution in [0.5, 0.6) is 0 Å². The summed E-state index contributed by atoms with van der Waals surface area (Å²) in [5.74, 6) is -1.15. The van der Waals surface area contributed by atoms with Gasteiger partial charge in [0.05, 0.1) is 6.10 Å². The number of carboxylic acid groups (broad SMARTS) is 1. The van der Waals surface area contributed by atoms with Crippen LogP contribution >= 0.6 is 0 Å². The van der Waals surface area contributed by atoms with Gasteiger partial charge in [0.25, 0.3) is 0 Å². The van der Waals surface area contributed by atoms with E-state index in [0.717, 1.165) is 12.8 Å². The zero-order valence-corrected chi connectivity index (χ0v) is 13.0. The van der Waals surface area contributed by atoms with Crippen molar-refractivity contribution in [3.05, 3.63) is 18.0 Å². The molecule has 118 valence electrons. The number of sulfonamides is 1. The fourth-order valence-electron chi connectivity index (χ4n) is 2.53. The van der Waals surface area contributed by atoms with Crippen LogP contribution in [-0.4, -0.2) is 54.2 Å². The van der Waals surface area contributed by atoms with E-state index in [1.807, 2.05) is 6.92 Å². The molecular formula is C13H20N2O5S. The summed E-state index contributed by atoms with van der Waals surface area (Å²) in [6, 6.07) is 1.20. The summed E-state index contributed by atoms with van der Waals surface area (Å²) < 4.78 is 33.4. The fraction of sp³-hybridized carbons (Fsp3) is 0.615. The molecule has 0 saturated carbocycles. The summed E-state index contributed by atoms with van der Waals surface area (Å²) >= 11 is 0. The van der Waals surface area contributed by atoms with Crippen molar-refractivity contribution in [1.82, 2.24) is 8.87 Å². The Balaban J connectivity index is 2.25. The highest BCUT2D eigenvalue weighted by atomic mass is 32.2. The van der Waals surface area contributed by atoms with Crippen molar-refractivity contribution in [2.45, 2.75) is 30.8 Å². The summed E-state index contributed by atoms with van der Waals surface area (Å²) in [6.07, 6.45) is 2.82. The molecular weight excluding hydrogens is 296 g/mol. The van der Waals surface area contributed by atoms with Gasteiger partial charge in [0.15, 0.2) is 0 Å². The van der Waals surface area contributed by atoms with Crippen LogP contribution < -0.4 is 0 Å². The summed E-state index contributed by atoms with van der Waals surface area (Å²) in [4.78, 5) is 11.0. The Morgan fingerprint density at radius 3 is 2.81 bits per heavy atom. The van der Waals surface area contributed by atoms with Gasteiger partial charge in [-0.15, -0.1) is 0 Å². The molecule has 0 radical (unpaired) electrons. The molecule has 1 saturated heterocycles. The van der Waals surface area contributed by atoms with Gasteiger partial charge < -0.3 is 14.4 Å². The van der Waals surface area contributed by atoms with E-state index >= 15 is 0 Å². The van der Waals surface area contributed by atoms with E-state index in [2.05, 4.69) is 0 Å². The maximum Gasteiger partial charge on any atom is 0.352 e. The third kappa shape index (κ3) is 3.28. The van der Waals surface area contributed by atoms with E-state index in [1.165, 1.54) is 28.2 Å². The number of hydrogen-bond donors (Lipinski definition) is 1. The van der Waals surface area contributed by atoms with E-state index in [1.54, 1.807) is 0 Å². The highest BCUT2D eigenvalue weighted by Crippen LogP contribution is 2.23. The van der Waals surface area contributed by atoms with Crippen molar-refractivity contribution < 1.29 is 23.1 Å². The van der Waals surface area contributed by atoms with Crippen molar-refractivity contribution in [3.8, 4) is 0 Å². The van der Waals surface area contributed by atoms with Gasteiger partial charge in [0.1, 0.15) is 10.6 Å². The van der Waals surface area contributed by atoms with Crippen LogP contribution in [-0.2, 0) is 21.8 Å². The van der Waals surface area contributed by atoms with Crippen LogP contribution in [0.1, 0.15) is 30.3 Å². The lowest BCUT2D eigenvalue weighted by Crippen LogP contribution is -2.43. The Hall–Kier alpha value is -1.38. The minimum absolute atomic E-state index is 0.0135. The minimum atomic E-state index is -3.68. The Labute approximate surface area is 124 Å². The van der Waals surface area contributed by atoms with Crippen LogP contribution in [0, 0.1) is 0 Å². The second kappa shape index (κ2) is 6.17. The Kier molecular flexibility index (Phi) is 4.70. The number of carbonyl (C=O) groups is 1. The smallest absolute Gasteiger partial charge is 0.352 e. The number of ether oxygens (including phenoxy) is 1. The van der Waals surface area contributed by atoms with Gasteiger partial charge >= 0.3 is 5.97 Å². The van der Waals surface area contributed by atoms with Crippen LogP contribution in [0.2, 0.25) is 0 Å². The van der Waals surface area contributed by atoms with Gasteiger partial charge in [-0.05, 0) is 25.8 Å². The van der Waals surface area contributed by atoms with Crippen LogP contribution in [0.3, 0.4) is 0 Å². The minimum Gasteiger partial charge on any atom is -0.477 e. The van der Waals surface area contributed by atoms with Crippen molar-refractivity contribution in [3.63, 3.8) is 0 Å². The zero-order valence-electron chi connectivity index (χ0n) is 12.2. The second-order valence-electron chi connectivity index (χ2n) is 5.06. The number of nitrogens with zero attached hydrogens (tertiary/aromatic N) is 2. The predicted molar refractivity (Wildman–Crippen MR) is 75.8 cm³/mol. The van der Waals surface area contributed by atoms with Gasteiger partial charge in [0.2, 0.25) is 10.0 Å². The Morgan fingerprint density at radius 2 is 2.24 bits per heavy atom. The number of aromatic carboxylic acids is 1. The number of hydrogen-bond acceptors (Lipinski definition) is 4. The molecule has 1 aliphatic rings. The molecule has 1 N–H and O–H groups in total. The standard InChI is InChI=1S/C13H20N2O5S/c1-3-20-10-5-4-6-15(8-10)21(18,19)11-7-12(13(16)17)14(2)9-11/h7,9-10H,3-6,8H2,1-2H3,(H,16,17). The topological polar surface area (TPSA) is 88.8 Å². The molecule has 1 aliphatic heterocycles. The molecule has 21 heavy (non-hydrogen) atoms. The first-order valence-electron chi connectivity index (χ1n) is 6.87. The summed E-state index contributed by atoms with van der Waals surface area (Å²) in [5.41, 5.74) is -0.0491. The lowest BCUT2D eigenvalue weighted by molar-refractivity contribution is 0.0265. The first kappa shape index (κ1) is 16.0. The van der Waals surface area contributed by atoms with E-state index in [0.29, 0.717) is 19.7 Å². The molecule has 0 bridgehead atoms. The fourth-order valence-corrected chi connectivity index (χ4v) is 4.11. The molecule has 0 spiro atoms. The Bertz CT molecular complexity index is 621. The third-order valence-corrected chi connectivity index (χ3v) is 5.41.